The first-order valence-corrected chi connectivity index (χ1v) is 6.88. The Morgan fingerprint density at radius 1 is 1.25 bits per heavy atom. The standard InChI is InChI=1S/C15H12FN5O3/c1-8-5-9(3-4-14(8)24-2)10-6-12(16)13(21(22)23)7-11(10)15-17-19-20-18-15/h3-7H,1-2H3,(H,17,18,19,20). The number of hydrogen-bond acceptors (Lipinski definition) is 6. The van der Waals surface area contributed by atoms with Crippen molar-refractivity contribution in [2.45, 2.75) is 6.92 Å². The molecule has 0 atom stereocenters. The molecule has 0 aliphatic carbocycles. The van der Waals surface area contributed by atoms with Gasteiger partial charge in [0.25, 0.3) is 0 Å². The number of benzene rings is 2. The highest BCUT2D eigenvalue weighted by Crippen LogP contribution is 2.36. The van der Waals surface area contributed by atoms with Crippen molar-refractivity contribution < 1.29 is 14.1 Å². The molecule has 0 radical (unpaired) electrons. The summed E-state index contributed by atoms with van der Waals surface area (Å²) in [4.78, 5) is 10.2. The average Bonchev–Trinajstić information content (AvgIpc) is 3.08. The Balaban J connectivity index is 2.25. The second-order valence-electron chi connectivity index (χ2n) is 5.04. The van der Waals surface area contributed by atoms with Crippen molar-refractivity contribution in [3.8, 4) is 28.3 Å². The summed E-state index contributed by atoms with van der Waals surface area (Å²) in [6.45, 7) is 1.85. The van der Waals surface area contributed by atoms with Gasteiger partial charge in [0.05, 0.1) is 12.0 Å². The number of nitro benzene ring substituents is 1. The number of aromatic nitrogens is 4. The van der Waals surface area contributed by atoms with E-state index in [9.17, 15) is 14.5 Å². The van der Waals surface area contributed by atoms with Crippen LogP contribution in [0.1, 0.15) is 5.56 Å². The van der Waals surface area contributed by atoms with Gasteiger partial charge in [-0.25, -0.2) is 5.10 Å². The van der Waals surface area contributed by atoms with Crippen LogP contribution >= 0.6 is 0 Å². The van der Waals surface area contributed by atoms with E-state index in [1.165, 1.54) is 0 Å². The fourth-order valence-electron chi connectivity index (χ4n) is 2.46. The van der Waals surface area contributed by atoms with Gasteiger partial charge in [0, 0.05) is 11.6 Å². The van der Waals surface area contributed by atoms with Crippen LogP contribution < -0.4 is 4.74 Å². The molecule has 9 heteroatoms. The van der Waals surface area contributed by atoms with E-state index >= 15 is 0 Å². The molecule has 0 spiro atoms. The lowest BCUT2D eigenvalue weighted by molar-refractivity contribution is -0.387. The highest BCUT2D eigenvalue weighted by Gasteiger charge is 2.22. The molecule has 0 fully saturated rings. The Labute approximate surface area is 135 Å². The normalized spacial score (nSPS) is 10.6. The highest BCUT2D eigenvalue weighted by molar-refractivity contribution is 5.82. The topological polar surface area (TPSA) is 107 Å². The van der Waals surface area contributed by atoms with Gasteiger partial charge in [-0.3, -0.25) is 10.1 Å². The van der Waals surface area contributed by atoms with Crippen LogP contribution in [0.3, 0.4) is 0 Å². The number of aryl methyl sites for hydroxylation is 1. The Morgan fingerprint density at radius 3 is 2.62 bits per heavy atom. The molecular formula is C15H12FN5O3. The Kier molecular flexibility index (Phi) is 3.90. The maximum Gasteiger partial charge on any atom is 0.305 e. The van der Waals surface area contributed by atoms with Crippen LogP contribution in [-0.4, -0.2) is 32.7 Å². The van der Waals surface area contributed by atoms with Gasteiger partial charge in [-0.05, 0) is 52.2 Å². The van der Waals surface area contributed by atoms with Gasteiger partial charge >= 0.3 is 5.69 Å². The Morgan fingerprint density at radius 2 is 2.04 bits per heavy atom. The summed E-state index contributed by atoms with van der Waals surface area (Å²) in [5.41, 5.74) is 1.62. The number of halogens is 1. The molecule has 8 nitrogen and oxygen atoms in total. The summed E-state index contributed by atoms with van der Waals surface area (Å²) >= 11 is 0. The smallest absolute Gasteiger partial charge is 0.305 e. The van der Waals surface area contributed by atoms with E-state index in [0.717, 1.165) is 17.7 Å². The first-order valence-electron chi connectivity index (χ1n) is 6.88. The minimum atomic E-state index is -0.931. The quantitative estimate of drug-likeness (QED) is 0.582. The van der Waals surface area contributed by atoms with Crippen molar-refractivity contribution >= 4 is 5.69 Å². The van der Waals surface area contributed by atoms with Crippen molar-refractivity contribution in [3.63, 3.8) is 0 Å². The molecular weight excluding hydrogens is 317 g/mol. The first kappa shape index (κ1) is 15.5. The zero-order valence-electron chi connectivity index (χ0n) is 12.8. The largest absolute Gasteiger partial charge is 0.496 e. The summed E-state index contributed by atoms with van der Waals surface area (Å²) in [5, 5.41) is 24.3. The molecule has 0 unspecified atom stereocenters. The summed E-state index contributed by atoms with van der Waals surface area (Å²) < 4.78 is 19.3. The average molecular weight is 329 g/mol. The van der Waals surface area contributed by atoms with E-state index in [4.69, 9.17) is 4.74 Å². The number of ether oxygens (including phenoxy) is 1. The van der Waals surface area contributed by atoms with E-state index in [1.54, 1.807) is 25.3 Å². The maximum absolute atomic E-state index is 14.1. The Hall–Kier alpha value is -3.36. The molecule has 0 aliphatic rings. The molecule has 1 aromatic heterocycles. The number of nitrogens with one attached hydrogen (secondary N) is 1. The third kappa shape index (κ3) is 2.67. The summed E-state index contributed by atoms with van der Waals surface area (Å²) in [5.74, 6) is -0.0368. The van der Waals surface area contributed by atoms with Gasteiger partial charge < -0.3 is 4.74 Å². The lowest BCUT2D eigenvalue weighted by Gasteiger charge is -2.11. The monoisotopic (exact) mass is 329 g/mol. The maximum atomic E-state index is 14.1. The van der Waals surface area contributed by atoms with Gasteiger partial charge in [-0.2, -0.15) is 4.39 Å². The van der Waals surface area contributed by atoms with Crippen LogP contribution in [0.4, 0.5) is 10.1 Å². The molecule has 0 bridgehead atoms. The van der Waals surface area contributed by atoms with Gasteiger partial charge in [0.2, 0.25) is 5.82 Å². The molecule has 0 saturated carbocycles. The third-order valence-corrected chi connectivity index (χ3v) is 3.59. The lowest BCUT2D eigenvalue weighted by atomic mass is 9.96. The van der Waals surface area contributed by atoms with Gasteiger partial charge in [-0.1, -0.05) is 6.07 Å². The predicted molar refractivity (Wildman–Crippen MR) is 83.0 cm³/mol. The number of hydrogen-bond donors (Lipinski definition) is 1. The molecule has 122 valence electrons. The van der Waals surface area contributed by atoms with Crippen molar-refractivity contribution in [2.75, 3.05) is 7.11 Å². The van der Waals surface area contributed by atoms with Crippen LogP contribution in [0.2, 0.25) is 0 Å². The minimum absolute atomic E-state index is 0.210. The van der Waals surface area contributed by atoms with Gasteiger partial charge in [0.1, 0.15) is 5.75 Å². The minimum Gasteiger partial charge on any atom is -0.496 e. The molecule has 1 heterocycles. The van der Waals surface area contributed by atoms with E-state index in [-0.39, 0.29) is 5.82 Å². The molecule has 2 aromatic carbocycles. The second-order valence-corrected chi connectivity index (χ2v) is 5.04. The molecule has 0 saturated heterocycles. The number of nitrogens with zero attached hydrogens (tertiary/aromatic N) is 4. The molecule has 1 N–H and O–H groups in total. The number of methoxy groups -OCH3 is 1. The van der Waals surface area contributed by atoms with Crippen molar-refractivity contribution in [1.29, 1.82) is 0 Å². The van der Waals surface area contributed by atoms with E-state index in [1.807, 2.05) is 6.92 Å². The molecule has 3 aromatic rings. The number of rotatable bonds is 4. The summed E-state index contributed by atoms with van der Waals surface area (Å²) in [7, 11) is 1.55. The SMILES string of the molecule is COc1ccc(-c2cc(F)c([N+](=O)[O-])cc2-c2nnn[nH]2)cc1C. The van der Waals surface area contributed by atoms with Crippen molar-refractivity contribution in [2.24, 2.45) is 0 Å². The summed E-state index contributed by atoms with van der Waals surface area (Å²) in [6, 6.07) is 7.50. The number of nitro groups is 1. The summed E-state index contributed by atoms with van der Waals surface area (Å²) in [6.07, 6.45) is 0. The number of H-pyrrole nitrogens is 1. The van der Waals surface area contributed by atoms with Crippen LogP contribution in [0.5, 0.6) is 5.75 Å². The van der Waals surface area contributed by atoms with Crippen LogP contribution in [-0.2, 0) is 0 Å². The number of aromatic amines is 1. The Bertz CT molecular complexity index is 912. The molecule has 24 heavy (non-hydrogen) atoms. The first-order chi connectivity index (χ1) is 11.5. The van der Waals surface area contributed by atoms with Crippen molar-refractivity contribution in [3.05, 3.63) is 51.8 Å². The molecule has 0 amide bonds. The van der Waals surface area contributed by atoms with Gasteiger partial charge in [-0.15, -0.1) is 5.10 Å². The van der Waals surface area contributed by atoms with E-state index in [0.29, 0.717) is 22.4 Å². The number of tetrazole rings is 1. The fraction of sp³-hybridized carbons (Fsp3) is 0.133. The van der Waals surface area contributed by atoms with Crippen LogP contribution in [0.15, 0.2) is 30.3 Å². The van der Waals surface area contributed by atoms with Crippen LogP contribution in [0.25, 0.3) is 22.5 Å². The molecule has 3 rings (SSSR count). The zero-order valence-corrected chi connectivity index (χ0v) is 12.8. The predicted octanol–water partition coefficient (Wildman–Crippen LogP) is 2.90. The molecule has 0 aliphatic heterocycles. The van der Waals surface area contributed by atoms with Gasteiger partial charge in [0.15, 0.2) is 5.82 Å². The fourth-order valence-corrected chi connectivity index (χ4v) is 2.46. The van der Waals surface area contributed by atoms with E-state index < -0.39 is 16.4 Å². The van der Waals surface area contributed by atoms with Crippen LogP contribution in [0, 0.1) is 22.9 Å². The highest BCUT2D eigenvalue weighted by atomic mass is 19.1. The zero-order chi connectivity index (χ0) is 17.3. The third-order valence-electron chi connectivity index (χ3n) is 3.59. The lowest BCUT2D eigenvalue weighted by Crippen LogP contribution is -1.97. The van der Waals surface area contributed by atoms with Crippen molar-refractivity contribution in [1.82, 2.24) is 20.6 Å². The van der Waals surface area contributed by atoms with E-state index in [2.05, 4.69) is 20.6 Å². The second kappa shape index (κ2) is 6.03.